The summed E-state index contributed by atoms with van der Waals surface area (Å²) in [4.78, 5) is 19.5. The molecule has 5 rings (SSSR count). The zero-order valence-corrected chi connectivity index (χ0v) is 17.5. The van der Waals surface area contributed by atoms with E-state index in [0.717, 1.165) is 41.3 Å². The zero-order chi connectivity index (χ0) is 20.2. The van der Waals surface area contributed by atoms with Crippen molar-refractivity contribution in [3.05, 3.63) is 54.4 Å². The third-order valence-electron chi connectivity index (χ3n) is 5.92. The van der Waals surface area contributed by atoms with Crippen LogP contribution in [0.5, 0.6) is 5.75 Å². The summed E-state index contributed by atoms with van der Waals surface area (Å²) < 4.78 is 6.78. The van der Waals surface area contributed by atoms with Crippen molar-refractivity contribution in [3.8, 4) is 5.75 Å². The van der Waals surface area contributed by atoms with Crippen molar-refractivity contribution in [1.29, 1.82) is 0 Å². The van der Waals surface area contributed by atoms with E-state index in [9.17, 15) is 4.79 Å². The predicted octanol–water partition coefficient (Wildman–Crippen LogP) is 4.76. The lowest BCUT2D eigenvalue weighted by Crippen LogP contribution is -2.24. The maximum Gasteiger partial charge on any atom is 0.227 e. The second-order valence-corrected chi connectivity index (χ2v) is 9.38. The number of aromatic nitrogens is 2. The maximum atomic E-state index is 12.8. The lowest BCUT2D eigenvalue weighted by atomic mass is 10.1. The average molecular weight is 430 g/mol. The highest BCUT2D eigenvalue weighted by Crippen LogP contribution is 2.54. The van der Waals surface area contributed by atoms with Crippen molar-refractivity contribution >= 4 is 45.8 Å². The summed E-state index contributed by atoms with van der Waals surface area (Å²) >= 11 is 12.6. The van der Waals surface area contributed by atoms with Gasteiger partial charge >= 0.3 is 0 Å². The molecule has 1 aliphatic carbocycles. The van der Waals surface area contributed by atoms with Gasteiger partial charge in [-0.3, -0.25) is 4.79 Å². The van der Waals surface area contributed by atoms with Crippen LogP contribution in [-0.4, -0.2) is 33.4 Å². The van der Waals surface area contributed by atoms with E-state index in [0.29, 0.717) is 13.0 Å². The number of ether oxygens (including phenoxy) is 1. The molecule has 1 saturated carbocycles. The number of benzene rings is 2. The number of methoxy groups -OCH3 is 1. The largest absolute Gasteiger partial charge is 0.497 e. The number of nitrogens with zero attached hydrogens (tertiary/aromatic N) is 3. The summed E-state index contributed by atoms with van der Waals surface area (Å²) in [6.07, 6.45) is 1.22. The molecule has 0 bridgehead atoms. The molecule has 0 radical (unpaired) electrons. The van der Waals surface area contributed by atoms with Crippen LogP contribution in [0.3, 0.4) is 0 Å². The first-order chi connectivity index (χ1) is 14.0. The molecule has 2 atom stereocenters. The van der Waals surface area contributed by atoms with Crippen molar-refractivity contribution in [3.63, 3.8) is 0 Å². The van der Waals surface area contributed by atoms with E-state index in [-0.39, 0.29) is 17.7 Å². The lowest BCUT2D eigenvalue weighted by Gasteiger charge is -2.18. The van der Waals surface area contributed by atoms with Crippen molar-refractivity contribution in [2.75, 3.05) is 18.6 Å². The second kappa shape index (κ2) is 6.92. The minimum Gasteiger partial charge on any atom is -0.497 e. The predicted molar refractivity (Wildman–Crippen MR) is 115 cm³/mol. The first-order valence-corrected chi connectivity index (χ1v) is 10.5. The molecule has 5 nitrogen and oxygen atoms in total. The first-order valence-electron chi connectivity index (χ1n) is 9.73. The Morgan fingerprint density at radius 2 is 1.90 bits per heavy atom. The summed E-state index contributed by atoms with van der Waals surface area (Å²) in [6.45, 7) is 1.32. The van der Waals surface area contributed by atoms with Gasteiger partial charge in [-0.25, -0.2) is 4.98 Å². The van der Waals surface area contributed by atoms with Crippen LogP contribution in [0.15, 0.2) is 48.5 Å². The molecule has 7 heteroatoms. The molecule has 2 heterocycles. The summed E-state index contributed by atoms with van der Waals surface area (Å²) in [5.74, 6) is 2.04. The fraction of sp³-hybridized carbons (Fsp3) is 0.364. The molecule has 2 aliphatic rings. The topological polar surface area (TPSA) is 47.4 Å². The molecule has 1 aliphatic heterocycles. The molecule has 2 aromatic carbocycles. The number of carbonyl (C=O) groups is 1. The van der Waals surface area contributed by atoms with E-state index in [2.05, 4.69) is 10.6 Å². The van der Waals surface area contributed by atoms with Crippen molar-refractivity contribution in [2.24, 2.45) is 5.92 Å². The van der Waals surface area contributed by atoms with Crippen LogP contribution in [0, 0.1) is 5.92 Å². The van der Waals surface area contributed by atoms with Crippen molar-refractivity contribution < 1.29 is 9.53 Å². The molecule has 2 fully saturated rings. The monoisotopic (exact) mass is 429 g/mol. The fourth-order valence-corrected chi connectivity index (χ4v) is 4.69. The van der Waals surface area contributed by atoms with E-state index in [1.165, 1.54) is 0 Å². The van der Waals surface area contributed by atoms with Gasteiger partial charge in [-0.15, -0.1) is 23.2 Å². The van der Waals surface area contributed by atoms with Gasteiger partial charge in [0, 0.05) is 37.0 Å². The Morgan fingerprint density at radius 3 is 2.59 bits per heavy atom. The van der Waals surface area contributed by atoms with Crippen LogP contribution in [0.2, 0.25) is 0 Å². The number of anilines is 1. The molecule has 1 amide bonds. The molecule has 150 valence electrons. The highest BCUT2D eigenvalue weighted by atomic mass is 35.5. The van der Waals surface area contributed by atoms with Gasteiger partial charge < -0.3 is 14.2 Å². The fourth-order valence-electron chi connectivity index (χ4n) is 4.18. The van der Waals surface area contributed by atoms with E-state index >= 15 is 0 Å². The summed E-state index contributed by atoms with van der Waals surface area (Å²) in [5, 5.41) is 0. The molecule has 1 aromatic heterocycles. The Hall–Kier alpha value is -2.24. The van der Waals surface area contributed by atoms with Gasteiger partial charge in [0.05, 0.1) is 18.1 Å². The molecule has 0 spiro atoms. The summed E-state index contributed by atoms with van der Waals surface area (Å²) in [5.41, 5.74) is 2.88. The number of para-hydroxylation sites is 2. The molecule has 0 unspecified atom stereocenters. The maximum absolute atomic E-state index is 12.8. The van der Waals surface area contributed by atoms with E-state index < -0.39 is 4.33 Å². The summed E-state index contributed by atoms with van der Waals surface area (Å²) in [6, 6.07) is 15.7. The van der Waals surface area contributed by atoms with Gasteiger partial charge in [0.2, 0.25) is 5.91 Å². The van der Waals surface area contributed by atoms with Gasteiger partial charge in [-0.05, 0) is 42.8 Å². The number of halogens is 2. The zero-order valence-electron chi connectivity index (χ0n) is 16.0. The molecule has 29 heavy (non-hydrogen) atoms. The highest BCUT2D eigenvalue weighted by Gasteiger charge is 2.52. The molecular weight excluding hydrogens is 409 g/mol. The Bertz CT molecular complexity index is 1080. The van der Waals surface area contributed by atoms with Gasteiger partial charge in [0.25, 0.3) is 0 Å². The van der Waals surface area contributed by atoms with Crippen LogP contribution < -0.4 is 9.64 Å². The van der Waals surface area contributed by atoms with E-state index in [1.807, 2.05) is 47.4 Å². The lowest BCUT2D eigenvalue weighted by molar-refractivity contribution is -0.117. The molecular formula is C22H21Cl2N3O2. The van der Waals surface area contributed by atoms with Crippen molar-refractivity contribution in [2.45, 2.75) is 29.6 Å². The number of alkyl halides is 2. The molecule has 0 N–H and O–H groups in total. The van der Waals surface area contributed by atoms with Gasteiger partial charge in [-0.2, -0.15) is 0 Å². The van der Waals surface area contributed by atoms with Gasteiger partial charge in [-0.1, -0.05) is 12.1 Å². The van der Waals surface area contributed by atoms with Crippen LogP contribution >= 0.6 is 23.2 Å². The summed E-state index contributed by atoms with van der Waals surface area (Å²) in [7, 11) is 1.63. The number of carbonyl (C=O) groups excluding carboxylic acids is 1. The van der Waals surface area contributed by atoms with Gasteiger partial charge in [0.1, 0.15) is 15.9 Å². The van der Waals surface area contributed by atoms with Gasteiger partial charge in [0.15, 0.2) is 0 Å². The number of amides is 1. The van der Waals surface area contributed by atoms with Crippen LogP contribution in [0.1, 0.15) is 24.6 Å². The normalized spacial score (nSPS) is 23.0. The van der Waals surface area contributed by atoms with Crippen LogP contribution in [0.4, 0.5) is 5.69 Å². The second-order valence-electron chi connectivity index (χ2n) is 7.83. The number of hydrogen-bond donors (Lipinski definition) is 0. The Kier molecular flexibility index (Phi) is 4.48. The smallest absolute Gasteiger partial charge is 0.227 e. The Labute approximate surface area is 179 Å². The minimum absolute atomic E-state index is 0.0239. The minimum atomic E-state index is -0.650. The molecule has 3 aromatic rings. The number of imidazole rings is 1. The average Bonchev–Trinajstić information content (AvgIpc) is 3.04. The highest BCUT2D eigenvalue weighted by molar-refractivity contribution is 6.50. The third-order valence-corrected chi connectivity index (χ3v) is 6.84. The standard InChI is InChI=1S/C22H21Cl2N3O2/c1-29-17-8-6-16(7-9-17)26-12-14(10-20(26)28)21-25-18-4-2-3-5-19(18)27(21)13-15-11-22(15,23)24/h2-9,14-15H,10-13H2,1H3/t14-,15-/m1/s1. The first kappa shape index (κ1) is 18.8. The van der Waals surface area contributed by atoms with Crippen molar-refractivity contribution in [1.82, 2.24) is 9.55 Å². The molecule has 1 saturated heterocycles. The SMILES string of the molecule is COc1ccc(N2C[C@H](c3nc4ccccc4n3C[C@H]3CC3(Cl)Cl)CC2=O)cc1. The quantitative estimate of drug-likeness (QED) is 0.549. The Balaban J connectivity index is 1.46. The van der Waals surface area contributed by atoms with Crippen LogP contribution in [-0.2, 0) is 11.3 Å². The van der Waals surface area contributed by atoms with E-state index in [1.54, 1.807) is 7.11 Å². The number of hydrogen-bond acceptors (Lipinski definition) is 3. The van der Waals surface area contributed by atoms with Crippen LogP contribution in [0.25, 0.3) is 11.0 Å². The number of fused-ring (bicyclic) bond motifs is 1. The third kappa shape index (κ3) is 3.36. The number of rotatable bonds is 5. The van der Waals surface area contributed by atoms with E-state index in [4.69, 9.17) is 32.9 Å². The Morgan fingerprint density at radius 1 is 1.17 bits per heavy atom.